The van der Waals surface area contributed by atoms with E-state index >= 15 is 0 Å². The second-order valence-electron chi connectivity index (χ2n) is 2.63. The van der Waals surface area contributed by atoms with Gasteiger partial charge in [0.25, 0.3) is 10.0 Å². The molecule has 0 amide bonds. The lowest BCUT2D eigenvalue weighted by Gasteiger charge is -1.96. The number of rotatable bonds is 4. The van der Waals surface area contributed by atoms with E-state index in [9.17, 15) is 8.42 Å². The molecule has 0 saturated heterocycles. The van der Waals surface area contributed by atoms with Gasteiger partial charge in [-0.1, -0.05) is 6.92 Å². The molecule has 13 heavy (non-hydrogen) atoms. The van der Waals surface area contributed by atoms with Crippen LogP contribution in [-0.2, 0) is 10.0 Å². The Balaban J connectivity index is 2.76. The van der Waals surface area contributed by atoms with Crippen molar-refractivity contribution in [2.75, 3.05) is 11.9 Å². The first-order valence-electron chi connectivity index (χ1n) is 3.89. The lowest BCUT2D eigenvalue weighted by molar-refractivity contribution is 0.451. The van der Waals surface area contributed by atoms with Crippen LogP contribution in [0.4, 0.5) is 5.69 Å². The molecule has 0 fully saturated rings. The van der Waals surface area contributed by atoms with Crippen LogP contribution in [0.5, 0.6) is 0 Å². The largest absolute Gasteiger partial charge is 0.449 e. The molecule has 5 nitrogen and oxygen atoms in total. The summed E-state index contributed by atoms with van der Waals surface area (Å²) in [6.07, 6.45) is 2.28. The third kappa shape index (κ3) is 2.74. The Morgan fingerprint density at radius 2 is 2.31 bits per heavy atom. The van der Waals surface area contributed by atoms with Gasteiger partial charge in [-0.05, 0) is 6.42 Å². The molecule has 74 valence electrons. The van der Waals surface area contributed by atoms with E-state index in [4.69, 9.17) is 9.56 Å². The summed E-state index contributed by atoms with van der Waals surface area (Å²) in [7, 11) is -3.71. The Labute approximate surface area is 77.0 Å². The molecule has 0 atom stereocenters. The number of sulfonamides is 1. The Hall–Kier alpha value is -1.01. The van der Waals surface area contributed by atoms with Gasteiger partial charge in [-0.3, -0.25) is 0 Å². The van der Waals surface area contributed by atoms with Gasteiger partial charge < -0.3 is 9.73 Å². The van der Waals surface area contributed by atoms with E-state index in [2.05, 4.69) is 5.32 Å². The van der Waals surface area contributed by atoms with E-state index in [0.29, 0.717) is 5.69 Å². The number of primary sulfonamides is 1. The van der Waals surface area contributed by atoms with Gasteiger partial charge in [-0.15, -0.1) is 0 Å². The van der Waals surface area contributed by atoms with Crippen LogP contribution >= 0.6 is 0 Å². The molecule has 1 rings (SSSR count). The minimum absolute atomic E-state index is 0.217. The first-order valence-corrected chi connectivity index (χ1v) is 5.44. The molecule has 1 aromatic rings. The van der Waals surface area contributed by atoms with Crippen molar-refractivity contribution in [3.05, 3.63) is 12.3 Å². The van der Waals surface area contributed by atoms with Crippen molar-refractivity contribution in [2.45, 2.75) is 18.4 Å². The lowest BCUT2D eigenvalue weighted by atomic mass is 10.4. The van der Waals surface area contributed by atoms with Crippen molar-refractivity contribution in [1.82, 2.24) is 0 Å². The second-order valence-corrected chi connectivity index (χ2v) is 4.12. The maximum absolute atomic E-state index is 10.8. The minimum atomic E-state index is -3.71. The van der Waals surface area contributed by atoms with Crippen LogP contribution in [0.15, 0.2) is 21.8 Å². The maximum atomic E-state index is 10.8. The summed E-state index contributed by atoms with van der Waals surface area (Å²) in [5.74, 6) is 0. The van der Waals surface area contributed by atoms with E-state index in [1.807, 2.05) is 6.92 Å². The fraction of sp³-hybridized carbons (Fsp3) is 0.429. The standard InChI is InChI=1S/C7H12N2O3S/c1-2-3-9-6-4-7(12-5-6)13(8,10)11/h4-5,9H,2-3H2,1H3,(H2,8,10,11). The average Bonchev–Trinajstić information content (AvgIpc) is 2.47. The second kappa shape index (κ2) is 3.80. The smallest absolute Gasteiger partial charge is 0.271 e. The zero-order valence-electron chi connectivity index (χ0n) is 7.28. The Kier molecular flexibility index (Phi) is 2.94. The fourth-order valence-corrected chi connectivity index (χ4v) is 1.30. The summed E-state index contributed by atoms with van der Waals surface area (Å²) in [6, 6.07) is 1.37. The van der Waals surface area contributed by atoms with E-state index in [1.54, 1.807) is 0 Å². The quantitative estimate of drug-likeness (QED) is 0.757. The molecule has 0 aromatic carbocycles. The van der Waals surface area contributed by atoms with E-state index in [1.165, 1.54) is 12.3 Å². The molecular formula is C7H12N2O3S. The Bertz CT molecular complexity index is 369. The van der Waals surface area contributed by atoms with Crippen LogP contribution in [0.2, 0.25) is 0 Å². The maximum Gasteiger partial charge on any atom is 0.271 e. The summed E-state index contributed by atoms with van der Waals surface area (Å²) < 4.78 is 26.3. The van der Waals surface area contributed by atoms with Gasteiger partial charge in [0.15, 0.2) is 0 Å². The highest BCUT2D eigenvalue weighted by Gasteiger charge is 2.12. The monoisotopic (exact) mass is 204 g/mol. The predicted molar refractivity (Wildman–Crippen MR) is 48.9 cm³/mol. The van der Waals surface area contributed by atoms with E-state index in [0.717, 1.165) is 13.0 Å². The van der Waals surface area contributed by atoms with E-state index < -0.39 is 10.0 Å². The van der Waals surface area contributed by atoms with Crippen LogP contribution in [-0.4, -0.2) is 15.0 Å². The number of hydrogen-bond donors (Lipinski definition) is 2. The summed E-state index contributed by atoms with van der Waals surface area (Å²) in [6.45, 7) is 2.78. The first kappa shape index (κ1) is 10.1. The van der Waals surface area contributed by atoms with Crippen molar-refractivity contribution in [2.24, 2.45) is 5.14 Å². The van der Waals surface area contributed by atoms with Gasteiger partial charge in [-0.25, -0.2) is 13.6 Å². The number of nitrogens with one attached hydrogen (secondary N) is 1. The summed E-state index contributed by atoms with van der Waals surface area (Å²) >= 11 is 0. The van der Waals surface area contributed by atoms with Crippen molar-refractivity contribution >= 4 is 15.7 Å². The average molecular weight is 204 g/mol. The molecule has 0 unspecified atom stereocenters. The van der Waals surface area contributed by atoms with Gasteiger partial charge in [0.05, 0.1) is 5.69 Å². The molecular weight excluding hydrogens is 192 g/mol. The van der Waals surface area contributed by atoms with Crippen LogP contribution in [0.3, 0.4) is 0 Å². The van der Waals surface area contributed by atoms with Gasteiger partial charge in [-0.2, -0.15) is 0 Å². The highest BCUT2D eigenvalue weighted by Crippen LogP contribution is 2.16. The Morgan fingerprint density at radius 1 is 1.62 bits per heavy atom. The SMILES string of the molecule is CCCNc1coc(S(N)(=O)=O)c1. The molecule has 0 aliphatic rings. The zero-order chi connectivity index (χ0) is 9.90. The number of nitrogens with two attached hydrogens (primary N) is 1. The molecule has 1 aromatic heterocycles. The molecule has 0 saturated carbocycles. The number of anilines is 1. The molecule has 0 bridgehead atoms. The van der Waals surface area contributed by atoms with Gasteiger partial charge in [0.1, 0.15) is 6.26 Å². The first-order chi connectivity index (χ1) is 6.04. The predicted octanol–water partition coefficient (Wildman–Crippen LogP) is 0.749. The molecule has 0 aliphatic heterocycles. The summed E-state index contributed by atoms with van der Waals surface area (Å²) in [5.41, 5.74) is 0.630. The lowest BCUT2D eigenvalue weighted by Crippen LogP contribution is -2.10. The van der Waals surface area contributed by atoms with Crippen molar-refractivity contribution in [3.63, 3.8) is 0 Å². The molecule has 0 aliphatic carbocycles. The van der Waals surface area contributed by atoms with Crippen molar-refractivity contribution in [1.29, 1.82) is 0 Å². The van der Waals surface area contributed by atoms with Crippen LogP contribution in [0, 0.1) is 0 Å². The normalized spacial score (nSPS) is 11.5. The number of furan rings is 1. The fourth-order valence-electron chi connectivity index (χ4n) is 0.828. The molecule has 6 heteroatoms. The zero-order valence-corrected chi connectivity index (χ0v) is 8.10. The third-order valence-electron chi connectivity index (χ3n) is 1.43. The van der Waals surface area contributed by atoms with Gasteiger partial charge in [0, 0.05) is 12.6 Å². The van der Waals surface area contributed by atoms with Crippen LogP contribution in [0.1, 0.15) is 13.3 Å². The van der Waals surface area contributed by atoms with Gasteiger partial charge >= 0.3 is 0 Å². The summed E-state index contributed by atoms with van der Waals surface area (Å²) in [4.78, 5) is 0. The molecule has 0 spiro atoms. The molecule has 0 radical (unpaired) electrons. The molecule has 3 N–H and O–H groups in total. The Morgan fingerprint density at radius 3 is 2.77 bits per heavy atom. The van der Waals surface area contributed by atoms with E-state index in [-0.39, 0.29) is 5.09 Å². The highest BCUT2D eigenvalue weighted by atomic mass is 32.2. The van der Waals surface area contributed by atoms with Crippen LogP contribution < -0.4 is 10.5 Å². The third-order valence-corrected chi connectivity index (χ3v) is 2.21. The van der Waals surface area contributed by atoms with Crippen molar-refractivity contribution in [3.8, 4) is 0 Å². The highest BCUT2D eigenvalue weighted by molar-refractivity contribution is 7.89. The van der Waals surface area contributed by atoms with Gasteiger partial charge in [0.2, 0.25) is 5.09 Å². The van der Waals surface area contributed by atoms with Crippen molar-refractivity contribution < 1.29 is 12.8 Å². The van der Waals surface area contributed by atoms with Crippen LogP contribution in [0.25, 0.3) is 0 Å². The topological polar surface area (TPSA) is 85.3 Å². The molecule has 1 heterocycles. The number of hydrogen-bond acceptors (Lipinski definition) is 4. The minimum Gasteiger partial charge on any atom is -0.449 e. The summed E-state index contributed by atoms with van der Waals surface area (Å²) in [5, 5.41) is 7.61.